The summed E-state index contributed by atoms with van der Waals surface area (Å²) in [5.74, 6) is -0.315. The lowest BCUT2D eigenvalue weighted by atomic mass is 10.4. The largest absolute Gasteiger partial charge is 0.207 e. The average Bonchev–Trinajstić information content (AvgIpc) is 1.85. The maximum absolute atomic E-state index is 12.2. The van der Waals surface area contributed by atoms with Crippen molar-refractivity contribution >= 4 is 0 Å². The van der Waals surface area contributed by atoms with Crippen LogP contribution in [0.5, 0.6) is 0 Å². The van der Waals surface area contributed by atoms with Crippen LogP contribution in [-0.4, -0.2) is 0 Å². The van der Waals surface area contributed by atoms with Gasteiger partial charge in [-0.15, -0.1) is 0 Å². The number of rotatable bonds is 3. The van der Waals surface area contributed by atoms with Crippen molar-refractivity contribution in [1.82, 2.24) is 0 Å². The monoisotopic (exact) mass is 124 g/mol. The summed E-state index contributed by atoms with van der Waals surface area (Å²) < 4.78 is 12.2. The molecule has 9 heavy (non-hydrogen) atoms. The van der Waals surface area contributed by atoms with Crippen LogP contribution in [0.25, 0.3) is 0 Å². The Morgan fingerprint density at radius 2 is 1.89 bits per heavy atom. The van der Waals surface area contributed by atoms with Crippen molar-refractivity contribution in [2.24, 2.45) is 0 Å². The van der Waals surface area contributed by atoms with Gasteiger partial charge < -0.3 is 0 Å². The normalized spacial score (nSPS) is 11.9. The van der Waals surface area contributed by atoms with E-state index in [1.54, 1.807) is 0 Å². The highest BCUT2D eigenvalue weighted by Gasteiger charge is 1.78. The van der Waals surface area contributed by atoms with E-state index in [0.717, 1.165) is 0 Å². The zero-order valence-corrected chi connectivity index (χ0v) is 5.18. The van der Waals surface area contributed by atoms with Crippen LogP contribution in [0.4, 0.5) is 4.39 Å². The highest BCUT2D eigenvalue weighted by atomic mass is 19.1. The van der Waals surface area contributed by atoms with E-state index in [2.05, 4.69) is 13.2 Å². The fourth-order valence-corrected chi connectivity index (χ4v) is 0.328. The average molecular weight is 124 g/mol. The molecule has 0 aromatic rings. The first-order chi connectivity index (χ1) is 4.31. The van der Waals surface area contributed by atoms with Crippen molar-refractivity contribution in [3.8, 4) is 0 Å². The summed E-state index contributed by atoms with van der Waals surface area (Å²) in [7, 11) is 0. The molecule has 0 radical (unpaired) electrons. The molecular weight excluding hydrogens is 115 g/mol. The van der Waals surface area contributed by atoms with Gasteiger partial charge in [-0.1, -0.05) is 31.4 Å². The van der Waals surface area contributed by atoms with Crippen molar-refractivity contribution in [3.63, 3.8) is 0 Å². The fraction of sp³-hybridized carbons (Fsp3) is 0. The lowest BCUT2D eigenvalue weighted by molar-refractivity contribution is 0.667. The molecule has 0 aliphatic rings. The smallest absolute Gasteiger partial charge is 0.123 e. The summed E-state index contributed by atoms with van der Waals surface area (Å²) >= 11 is 0. The van der Waals surface area contributed by atoms with E-state index in [4.69, 9.17) is 0 Å². The first-order valence-electron chi connectivity index (χ1n) is 2.58. The molecule has 0 saturated carbocycles. The number of hydrogen-bond donors (Lipinski definition) is 0. The van der Waals surface area contributed by atoms with Crippen molar-refractivity contribution in [1.29, 1.82) is 0 Å². The molecule has 48 valence electrons. The third-order valence-electron chi connectivity index (χ3n) is 0.669. The standard InChI is InChI=1S/C8H9F/c1-3-5-7-8(9)6-4-2/h3-7H,1-2H2. The summed E-state index contributed by atoms with van der Waals surface area (Å²) in [6, 6.07) is 0. The lowest BCUT2D eigenvalue weighted by Gasteiger charge is -1.78. The molecule has 0 bridgehead atoms. The molecule has 0 atom stereocenters. The Labute approximate surface area is 54.7 Å². The quantitative estimate of drug-likeness (QED) is 0.507. The van der Waals surface area contributed by atoms with Crippen LogP contribution in [0.15, 0.2) is 49.4 Å². The zero-order chi connectivity index (χ0) is 7.11. The van der Waals surface area contributed by atoms with E-state index >= 15 is 0 Å². The number of halogens is 1. The summed E-state index contributed by atoms with van der Waals surface area (Å²) in [6.07, 6.45) is 7.02. The number of hydrogen-bond acceptors (Lipinski definition) is 0. The van der Waals surface area contributed by atoms with Crippen molar-refractivity contribution in [3.05, 3.63) is 49.4 Å². The van der Waals surface area contributed by atoms with Gasteiger partial charge in [-0.2, -0.15) is 0 Å². The third kappa shape index (κ3) is 4.75. The summed E-state index contributed by atoms with van der Waals surface area (Å²) in [5.41, 5.74) is 0. The van der Waals surface area contributed by atoms with Gasteiger partial charge in [-0.25, -0.2) is 4.39 Å². The topological polar surface area (TPSA) is 0 Å². The summed E-state index contributed by atoms with van der Waals surface area (Å²) in [6.45, 7) is 6.72. The van der Waals surface area contributed by atoms with Crippen LogP contribution >= 0.6 is 0 Å². The Balaban J connectivity index is 3.88. The second-order valence-corrected chi connectivity index (χ2v) is 1.38. The first kappa shape index (κ1) is 7.89. The van der Waals surface area contributed by atoms with Gasteiger partial charge in [-0.3, -0.25) is 0 Å². The molecule has 0 saturated heterocycles. The van der Waals surface area contributed by atoms with Crippen molar-refractivity contribution in [2.75, 3.05) is 0 Å². The van der Waals surface area contributed by atoms with Crippen molar-refractivity contribution in [2.45, 2.75) is 0 Å². The molecule has 0 heterocycles. The van der Waals surface area contributed by atoms with Gasteiger partial charge in [0.05, 0.1) is 0 Å². The van der Waals surface area contributed by atoms with Crippen LogP contribution < -0.4 is 0 Å². The first-order valence-corrected chi connectivity index (χ1v) is 2.58. The molecule has 0 aromatic carbocycles. The second-order valence-electron chi connectivity index (χ2n) is 1.38. The molecule has 0 fully saturated rings. The minimum Gasteiger partial charge on any atom is -0.207 e. The Hall–Kier alpha value is -1.11. The summed E-state index contributed by atoms with van der Waals surface area (Å²) in [4.78, 5) is 0. The SMILES string of the molecule is C=CC=CC(F)=CC=C. The molecular formula is C8H9F. The highest BCUT2D eigenvalue weighted by Crippen LogP contribution is 1.97. The predicted octanol–water partition coefficient (Wildman–Crippen LogP) is 2.77. The van der Waals surface area contributed by atoms with Gasteiger partial charge in [0.1, 0.15) is 5.83 Å². The van der Waals surface area contributed by atoms with E-state index < -0.39 is 0 Å². The minimum atomic E-state index is -0.315. The number of allylic oxidation sites excluding steroid dienone is 6. The fourth-order valence-electron chi connectivity index (χ4n) is 0.328. The minimum absolute atomic E-state index is 0.315. The van der Waals surface area contributed by atoms with Crippen LogP contribution in [0, 0.1) is 0 Å². The molecule has 0 unspecified atom stereocenters. The van der Waals surface area contributed by atoms with Crippen LogP contribution in [-0.2, 0) is 0 Å². The van der Waals surface area contributed by atoms with Gasteiger partial charge in [0.25, 0.3) is 0 Å². The van der Waals surface area contributed by atoms with Crippen LogP contribution in [0.2, 0.25) is 0 Å². The maximum atomic E-state index is 12.2. The molecule has 0 spiro atoms. The lowest BCUT2D eigenvalue weighted by Crippen LogP contribution is -1.59. The van der Waals surface area contributed by atoms with E-state index in [1.807, 2.05) is 0 Å². The molecule has 0 nitrogen and oxygen atoms in total. The Kier molecular flexibility index (Phi) is 4.41. The second kappa shape index (κ2) is 5.04. The molecule has 0 rings (SSSR count). The molecule has 0 aromatic heterocycles. The zero-order valence-electron chi connectivity index (χ0n) is 5.18. The molecule has 0 aliphatic heterocycles. The Morgan fingerprint density at radius 1 is 1.22 bits per heavy atom. The van der Waals surface area contributed by atoms with Crippen molar-refractivity contribution < 1.29 is 4.39 Å². The summed E-state index contributed by atoms with van der Waals surface area (Å²) in [5, 5.41) is 0. The van der Waals surface area contributed by atoms with E-state index in [0.29, 0.717) is 0 Å². The Morgan fingerprint density at radius 3 is 2.33 bits per heavy atom. The highest BCUT2D eigenvalue weighted by molar-refractivity contribution is 5.18. The predicted molar refractivity (Wildman–Crippen MR) is 38.7 cm³/mol. The van der Waals surface area contributed by atoms with Gasteiger partial charge in [0.15, 0.2) is 0 Å². The Bertz CT molecular complexity index is 152. The van der Waals surface area contributed by atoms with Gasteiger partial charge >= 0.3 is 0 Å². The van der Waals surface area contributed by atoms with E-state index in [9.17, 15) is 4.39 Å². The van der Waals surface area contributed by atoms with Crippen LogP contribution in [0.3, 0.4) is 0 Å². The molecule has 1 heteroatoms. The van der Waals surface area contributed by atoms with E-state index in [-0.39, 0.29) is 5.83 Å². The van der Waals surface area contributed by atoms with Gasteiger partial charge in [0.2, 0.25) is 0 Å². The van der Waals surface area contributed by atoms with Gasteiger partial charge in [-0.05, 0) is 12.2 Å². The maximum Gasteiger partial charge on any atom is 0.123 e. The molecule has 0 N–H and O–H groups in total. The molecule has 0 amide bonds. The third-order valence-corrected chi connectivity index (χ3v) is 0.669. The molecule has 0 aliphatic carbocycles. The van der Waals surface area contributed by atoms with E-state index in [1.165, 1.54) is 30.4 Å². The van der Waals surface area contributed by atoms with Gasteiger partial charge in [0, 0.05) is 0 Å². The van der Waals surface area contributed by atoms with Crippen LogP contribution in [0.1, 0.15) is 0 Å².